The van der Waals surface area contributed by atoms with Gasteiger partial charge in [0.1, 0.15) is 11.3 Å². The Balaban J connectivity index is 2.25. The highest BCUT2D eigenvalue weighted by Crippen LogP contribution is 2.57. The van der Waals surface area contributed by atoms with Crippen LogP contribution in [0.25, 0.3) is 0 Å². The minimum Gasteiger partial charge on any atom is -0.495 e. The number of hydrogen-bond acceptors (Lipinski definition) is 2. The summed E-state index contributed by atoms with van der Waals surface area (Å²) in [7, 11) is 0.806. The first kappa shape index (κ1) is 16.4. The average Bonchev–Trinajstić information content (AvgIpc) is 2.94. The predicted molar refractivity (Wildman–Crippen MR) is 102 cm³/mol. The van der Waals surface area contributed by atoms with Crippen molar-refractivity contribution < 1.29 is 4.74 Å². The summed E-state index contributed by atoms with van der Waals surface area (Å²) in [5.41, 5.74) is 2.49. The van der Waals surface area contributed by atoms with E-state index in [0.717, 1.165) is 5.76 Å². The van der Waals surface area contributed by atoms with Gasteiger partial charge in [-0.05, 0) is 24.6 Å². The van der Waals surface area contributed by atoms with Crippen molar-refractivity contribution in [1.82, 2.24) is 0 Å². The highest BCUT2D eigenvalue weighted by Gasteiger charge is 2.59. The van der Waals surface area contributed by atoms with Crippen LogP contribution in [-0.4, -0.2) is 27.3 Å². The van der Waals surface area contributed by atoms with Gasteiger partial charge in [-0.15, -0.1) is 0 Å². The van der Waals surface area contributed by atoms with Crippen molar-refractivity contribution in [2.24, 2.45) is 0 Å². The van der Waals surface area contributed by atoms with Crippen LogP contribution in [0.3, 0.4) is 0 Å². The van der Waals surface area contributed by atoms with Gasteiger partial charge in [0, 0.05) is 18.2 Å². The molecule has 3 heteroatoms. The van der Waals surface area contributed by atoms with Crippen LogP contribution >= 0.6 is 0 Å². The molecule has 0 saturated carbocycles. The lowest BCUT2D eigenvalue weighted by Gasteiger charge is -2.44. The van der Waals surface area contributed by atoms with Gasteiger partial charge in [0.25, 0.3) is 0 Å². The number of nitrogens with zero attached hydrogens (tertiary/aromatic N) is 1. The molecule has 0 radical (unpaired) electrons. The molecule has 1 spiro atoms. The fraction of sp³-hybridized carbons (Fsp3) is 0.500. The summed E-state index contributed by atoms with van der Waals surface area (Å²) in [4.78, 5) is 2.43. The number of allylic oxidation sites excluding steroid dienone is 2. The van der Waals surface area contributed by atoms with Gasteiger partial charge >= 0.3 is 0 Å². The predicted octanol–water partition coefficient (Wildman–Crippen LogP) is 4.89. The Labute approximate surface area is 141 Å². The molecule has 0 saturated heterocycles. The lowest BCUT2D eigenvalue weighted by molar-refractivity contribution is 0.167. The van der Waals surface area contributed by atoms with E-state index in [1.807, 2.05) is 0 Å². The molecular weight excluding hydrogens is 298 g/mol. The van der Waals surface area contributed by atoms with Crippen molar-refractivity contribution in [3.05, 3.63) is 52.9 Å². The third-order valence-corrected chi connectivity index (χ3v) is 7.63. The van der Waals surface area contributed by atoms with Gasteiger partial charge in [-0.3, -0.25) is 0 Å². The number of benzene rings is 1. The van der Waals surface area contributed by atoms with Crippen molar-refractivity contribution in [2.45, 2.75) is 51.4 Å². The zero-order chi connectivity index (χ0) is 17.0. The Hall–Kier alpha value is -1.48. The van der Waals surface area contributed by atoms with Gasteiger partial charge < -0.3 is 9.64 Å². The fourth-order valence-corrected chi connectivity index (χ4v) is 5.40. The van der Waals surface area contributed by atoms with E-state index in [9.17, 15) is 0 Å². The zero-order valence-corrected chi connectivity index (χ0v) is 16.5. The van der Waals surface area contributed by atoms with E-state index in [2.05, 4.69) is 88.8 Å². The normalized spacial score (nSPS) is 25.4. The van der Waals surface area contributed by atoms with Crippen LogP contribution in [0.2, 0.25) is 19.6 Å². The third kappa shape index (κ3) is 2.05. The summed E-state index contributed by atoms with van der Waals surface area (Å²) < 4.78 is 6.19. The first-order valence-corrected chi connectivity index (χ1v) is 12.1. The maximum atomic E-state index is 6.19. The maximum Gasteiger partial charge on any atom is 0.126 e. The van der Waals surface area contributed by atoms with Crippen LogP contribution in [0.4, 0.5) is 5.69 Å². The van der Waals surface area contributed by atoms with Crippen molar-refractivity contribution in [2.75, 3.05) is 18.6 Å². The lowest BCUT2D eigenvalue weighted by atomic mass is 9.70. The topological polar surface area (TPSA) is 12.5 Å². The number of para-hydroxylation sites is 1. The molecule has 2 aliphatic rings. The number of fused-ring (bicyclic) bond motifs is 1. The summed E-state index contributed by atoms with van der Waals surface area (Å²) in [6, 6.07) is 8.78. The average molecular weight is 328 g/mol. The van der Waals surface area contributed by atoms with Crippen LogP contribution in [0.5, 0.6) is 0 Å². The molecule has 124 valence electrons. The van der Waals surface area contributed by atoms with Crippen LogP contribution in [0, 0.1) is 0 Å². The molecule has 1 heterocycles. The van der Waals surface area contributed by atoms with Gasteiger partial charge in [-0.25, -0.2) is 0 Å². The van der Waals surface area contributed by atoms with Crippen molar-refractivity contribution >= 4 is 13.8 Å². The van der Waals surface area contributed by atoms with Crippen molar-refractivity contribution in [1.29, 1.82) is 0 Å². The quantitative estimate of drug-likeness (QED) is 0.733. The summed E-state index contributed by atoms with van der Waals surface area (Å²) in [5, 5.41) is 1.49. The minimum absolute atomic E-state index is 0.0270. The van der Waals surface area contributed by atoms with Gasteiger partial charge in [0.05, 0.1) is 14.7 Å². The number of rotatable bonds is 3. The molecule has 1 atom stereocenters. The number of ether oxygens (including phenoxy) is 1. The summed E-state index contributed by atoms with van der Waals surface area (Å²) in [6.45, 7) is 14.7. The van der Waals surface area contributed by atoms with Crippen LogP contribution < -0.4 is 4.90 Å². The lowest BCUT2D eigenvalue weighted by Crippen LogP contribution is -2.54. The molecule has 1 aromatic carbocycles. The van der Waals surface area contributed by atoms with Crippen molar-refractivity contribution in [3.63, 3.8) is 0 Å². The molecule has 1 unspecified atom stereocenters. The summed E-state index contributed by atoms with van der Waals surface area (Å²) >= 11 is 0. The SMILES string of the molecule is CCOC1=CC([Si](C)(C)C)=CC12N(C)c1ccccc1C2(C)C. The van der Waals surface area contributed by atoms with E-state index in [0.29, 0.717) is 6.61 Å². The van der Waals surface area contributed by atoms with Crippen LogP contribution in [0.1, 0.15) is 26.3 Å². The van der Waals surface area contributed by atoms with Crippen LogP contribution in [-0.2, 0) is 10.2 Å². The molecule has 0 amide bonds. The molecule has 0 aromatic heterocycles. The number of anilines is 1. The van der Waals surface area contributed by atoms with Gasteiger partial charge in [-0.2, -0.15) is 0 Å². The molecule has 2 nitrogen and oxygen atoms in total. The third-order valence-electron chi connectivity index (χ3n) is 5.61. The second-order valence-electron chi connectivity index (χ2n) is 8.26. The maximum absolute atomic E-state index is 6.19. The van der Waals surface area contributed by atoms with E-state index in [-0.39, 0.29) is 11.0 Å². The Morgan fingerprint density at radius 1 is 1.13 bits per heavy atom. The van der Waals surface area contributed by atoms with Gasteiger partial charge in [-0.1, -0.05) is 63.0 Å². The fourth-order valence-electron chi connectivity index (χ4n) is 4.19. The highest BCUT2D eigenvalue weighted by molar-refractivity contribution is 6.83. The van der Waals surface area contributed by atoms with E-state index in [1.165, 1.54) is 16.4 Å². The molecule has 3 rings (SSSR count). The van der Waals surface area contributed by atoms with E-state index in [1.54, 1.807) is 0 Å². The Bertz CT molecular complexity index is 696. The molecule has 23 heavy (non-hydrogen) atoms. The van der Waals surface area contributed by atoms with E-state index < -0.39 is 8.07 Å². The minimum atomic E-state index is -1.41. The number of hydrogen-bond donors (Lipinski definition) is 0. The van der Waals surface area contributed by atoms with E-state index >= 15 is 0 Å². The first-order chi connectivity index (χ1) is 10.7. The van der Waals surface area contributed by atoms with Gasteiger partial charge in [0.15, 0.2) is 0 Å². The second-order valence-corrected chi connectivity index (χ2v) is 13.3. The first-order valence-electron chi connectivity index (χ1n) is 8.58. The van der Waals surface area contributed by atoms with Gasteiger partial charge in [0.2, 0.25) is 0 Å². The molecule has 1 aromatic rings. The molecule has 1 aliphatic heterocycles. The Morgan fingerprint density at radius 2 is 1.78 bits per heavy atom. The Morgan fingerprint density at radius 3 is 2.35 bits per heavy atom. The smallest absolute Gasteiger partial charge is 0.126 e. The Kier molecular flexibility index (Phi) is 3.56. The molecule has 0 fully saturated rings. The second kappa shape index (κ2) is 5.00. The molecule has 0 N–H and O–H groups in total. The van der Waals surface area contributed by atoms with Crippen molar-refractivity contribution in [3.8, 4) is 0 Å². The standard InChI is InChI=1S/C20H29NOSi/c1-8-22-18-13-15(23(5,6)7)14-20(18)19(2,3)16-11-9-10-12-17(16)21(20)4/h9-14H,8H2,1-7H3. The highest BCUT2D eigenvalue weighted by atomic mass is 28.3. The van der Waals surface area contributed by atoms with E-state index in [4.69, 9.17) is 4.74 Å². The zero-order valence-electron chi connectivity index (χ0n) is 15.5. The molecule has 1 aliphatic carbocycles. The number of likely N-dealkylation sites (N-methyl/N-ethyl adjacent to an activating group) is 1. The molecular formula is C20H29NOSi. The largest absolute Gasteiger partial charge is 0.495 e. The van der Waals surface area contributed by atoms with Crippen LogP contribution in [0.15, 0.2) is 47.4 Å². The monoisotopic (exact) mass is 327 g/mol. The summed E-state index contributed by atoms with van der Waals surface area (Å²) in [5.74, 6) is 1.11. The molecule has 0 bridgehead atoms. The summed E-state index contributed by atoms with van der Waals surface area (Å²) in [6.07, 6.45) is 4.84.